The van der Waals surface area contributed by atoms with Crippen molar-refractivity contribution >= 4 is 0 Å². The molecular weight excluding hydrogens is 192 g/mol. The summed E-state index contributed by atoms with van der Waals surface area (Å²) in [4.78, 5) is 4.17. The molecule has 84 valence electrons. The molecule has 1 N–H and O–H groups in total. The number of ether oxygens (including phenoxy) is 1. The van der Waals surface area contributed by atoms with Gasteiger partial charge >= 0.3 is 0 Å². The van der Waals surface area contributed by atoms with E-state index >= 15 is 0 Å². The van der Waals surface area contributed by atoms with E-state index in [0.717, 1.165) is 18.7 Å². The van der Waals surface area contributed by atoms with Crippen LogP contribution in [0.3, 0.4) is 0 Å². The highest BCUT2D eigenvalue weighted by Gasteiger charge is 2.37. The quantitative estimate of drug-likeness (QED) is 0.811. The van der Waals surface area contributed by atoms with Crippen LogP contribution in [-0.4, -0.2) is 21.8 Å². The molecule has 0 bridgehead atoms. The summed E-state index contributed by atoms with van der Waals surface area (Å²) >= 11 is 0. The van der Waals surface area contributed by atoms with Crippen LogP contribution in [0.15, 0.2) is 6.20 Å². The Kier molecular flexibility index (Phi) is 2.69. The van der Waals surface area contributed by atoms with E-state index in [1.165, 1.54) is 19.3 Å². The van der Waals surface area contributed by atoms with Gasteiger partial charge in [0, 0.05) is 14.2 Å². The third-order valence-corrected chi connectivity index (χ3v) is 3.32. The number of aromatic nitrogens is 2. The molecule has 0 aliphatic heterocycles. The molecule has 0 radical (unpaired) electrons. The third kappa shape index (κ3) is 1.74. The number of aryl methyl sites for hydroxylation is 1. The highest BCUT2D eigenvalue weighted by atomic mass is 16.5. The van der Waals surface area contributed by atoms with Crippen molar-refractivity contribution in [1.82, 2.24) is 9.55 Å². The highest BCUT2D eigenvalue weighted by molar-refractivity contribution is 5.14. The van der Waals surface area contributed by atoms with E-state index in [4.69, 9.17) is 4.74 Å². The summed E-state index contributed by atoms with van der Waals surface area (Å²) in [5.41, 5.74) is -0.284. The van der Waals surface area contributed by atoms with Crippen molar-refractivity contribution < 1.29 is 9.84 Å². The van der Waals surface area contributed by atoms with Crippen molar-refractivity contribution in [3.05, 3.63) is 12.0 Å². The largest absolute Gasteiger partial charge is 0.492 e. The monoisotopic (exact) mass is 210 g/mol. The minimum Gasteiger partial charge on any atom is -0.492 e. The summed E-state index contributed by atoms with van der Waals surface area (Å²) in [5, 5.41) is 9.39. The summed E-state index contributed by atoms with van der Waals surface area (Å²) in [6.07, 6.45) is 7.22. The molecule has 0 amide bonds. The maximum absolute atomic E-state index is 9.39. The number of hydrogen-bond donors (Lipinski definition) is 1. The standard InChI is InChI=1S/C11H18N2O2/c1-13-8-9(14)12-10(13)11(15-2)6-4-3-5-7-11/h8,14H,3-7H2,1-2H3. The lowest BCUT2D eigenvalue weighted by atomic mass is 9.84. The van der Waals surface area contributed by atoms with Gasteiger partial charge in [-0.1, -0.05) is 19.3 Å². The summed E-state index contributed by atoms with van der Waals surface area (Å²) in [6, 6.07) is 0. The van der Waals surface area contributed by atoms with Crippen LogP contribution in [0.5, 0.6) is 5.88 Å². The van der Waals surface area contributed by atoms with E-state index < -0.39 is 0 Å². The summed E-state index contributed by atoms with van der Waals surface area (Å²) < 4.78 is 7.53. The average Bonchev–Trinajstić information content (AvgIpc) is 2.59. The summed E-state index contributed by atoms with van der Waals surface area (Å²) in [7, 11) is 3.63. The first-order valence-corrected chi connectivity index (χ1v) is 5.46. The molecule has 1 aromatic rings. The molecule has 0 aromatic carbocycles. The Balaban J connectivity index is 2.36. The smallest absolute Gasteiger partial charge is 0.229 e. The first-order chi connectivity index (χ1) is 7.18. The second kappa shape index (κ2) is 3.85. The van der Waals surface area contributed by atoms with Crippen LogP contribution >= 0.6 is 0 Å². The van der Waals surface area contributed by atoms with Crippen molar-refractivity contribution in [3.8, 4) is 5.88 Å². The van der Waals surface area contributed by atoms with E-state index in [1.807, 2.05) is 11.6 Å². The first-order valence-electron chi connectivity index (χ1n) is 5.46. The van der Waals surface area contributed by atoms with Crippen molar-refractivity contribution in [1.29, 1.82) is 0 Å². The normalized spacial score (nSPS) is 20.4. The zero-order chi connectivity index (χ0) is 10.9. The molecule has 4 heteroatoms. The molecule has 1 aliphatic rings. The lowest BCUT2D eigenvalue weighted by Gasteiger charge is -2.35. The van der Waals surface area contributed by atoms with Gasteiger partial charge in [-0.05, 0) is 12.8 Å². The molecule has 0 saturated heterocycles. The fourth-order valence-electron chi connectivity index (χ4n) is 2.52. The van der Waals surface area contributed by atoms with Gasteiger partial charge < -0.3 is 14.4 Å². The van der Waals surface area contributed by atoms with Crippen LogP contribution in [0.25, 0.3) is 0 Å². The minimum absolute atomic E-state index is 0.0782. The Morgan fingerprint density at radius 1 is 1.40 bits per heavy atom. The van der Waals surface area contributed by atoms with E-state index in [2.05, 4.69) is 4.98 Å². The van der Waals surface area contributed by atoms with E-state index in [1.54, 1.807) is 13.3 Å². The molecule has 0 spiro atoms. The van der Waals surface area contributed by atoms with Gasteiger partial charge in [-0.15, -0.1) is 0 Å². The predicted molar refractivity (Wildman–Crippen MR) is 56.6 cm³/mol. The number of hydrogen-bond acceptors (Lipinski definition) is 3. The zero-order valence-corrected chi connectivity index (χ0v) is 9.36. The number of methoxy groups -OCH3 is 1. The van der Waals surface area contributed by atoms with E-state index in [-0.39, 0.29) is 11.5 Å². The van der Waals surface area contributed by atoms with Gasteiger partial charge in [-0.2, -0.15) is 4.98 Å². The topological polar surface area (TPSA) is 47.3 Å². The van der Waals surface area contributed by atoms with Crippen LogP contribution in [0.1, 0.15) is 37.9 Å². The summed E-state index contributed by atoms with van der Waals surface area (Å²) in [6.45, 7) is 0. The van der Waals surface area contributed by atoms with Crippen molar-refractivity contribution in [2.24, 2.45) is 7.05 Å². The van der Waals surface area contributed by atoms with Crippen molar-refractivity contribution in [2.75, 3.05) is 7.11 Å². The highest BCUT2D eigenvalue weighted by Crippen LogP contribution is 2.39. The van der Waals surface area contributed by atoms with Crippen LogP contribution in [0, 0.1) is 0 Å². The van der Waals surface area contributed by atoms with Gasteiger partial charge in [0.15, 0.2) is 0 Å². The fourth-order valence-corrected chi connectivity index (χ4v) is 2.52. The molecule has 0 atom stereocenters. The third-order valence-electron chi connectivity index (χ3n) is 3.32. The number of nitrogens with zero attached hydrogens (tertiary/aromatic N) is 2. The summed E-state index contributed by atoms with van der Waals surface area (Å²) in [5.74, 6) is 0.927. The maximum Gasteiger partial charge on any atom is 0.229 e. The molecule has 1 saturated carbocycles. The first kappa shape index (κ1) is 10.5. The van der Waals surface area contributed by atoms with Crippen molar-refractivity contribution in [3.63, 3.8) is 0 Å². The van der Waals surface area contributed by atoms with Crippen molar-refractivity contribution in [2.45, 2.75) is 37.7 Å². The minimum atomic E-state index is -0.284. The maximum atomic E-state index is 9.39. The van der Waals surface area contributed by atoms with E-state index in [9.17, 15) is 5.11 Å². The van der Waals surface area contributed by atoms with Crippen LogP contribution in [0.2, 0.25) is 0 Å². The second-order valence-corrected chi connectivity index (χ2v) is 4.29. The molecular formula is C11H18N2O2. The molecule has 1 aliphatic carbocycles. The zero-order valence-electron chi connectivity index (χ0n) is 9.36. The molecule has 1 heterocycles. The van der Waals surface area contributed by atoms with Crippen LogP contribution in [0.4, 0.5) is 0 Å². The van der Waals surface area contributed by atoms with Crippen LogP contribution < -0.4 is 0 Å². The predicted octanol–water partition coefficient (Wildman–Crippen LogP) is 1.93. The second-order valence-electron chi connectivity index (χ2n) is 4.29. The fraction of sp³-hybridized carbons (Fsp3) is 0.727. The van der Waals surface area contributed by atoms with E-state index in [0.29, 0.717) is 0 Å². The van der Waals surface area contributed by atoms with Gasteiger partial charge in [0.25, 0.3) is 0 Å². The lowest BCUT2D eigenvalue weighted by Crippen LogP contribution is -2.33. The lowest BCUT2D eigenvalue weighted by molar-refractivity contribution is -0.0534. The average molecular weight is 210 g/mol. The molecule has 15 heavy (non-hydrogen) atoms. The Bertz CT molecular complexity index is 340. The molecule has 4 nitrogen and oxygen atoms in total. The Morgan fingerprint density at radius 2 is 2.07 bits per heavy atom. The number of imidazole rings is 1. The van der Waals surface area contributed by atoms with Gasteiger partial charge in [-0.25, -0.2) is 0 Å². The van der Waals surface area contributed by atoms with Gasteiger partial charge in [0.1, 0.15) is 11.4 Å². The molecule has 0 unspecified atom stereocenters. The van der Waals surface area contributed by atoms with Crippen LogP contribution in [-0.2, 0) is 17.4 Å². The molecule has 1 fully saturated rings. The SMILES string of the molecule is COC1(c2nc(O)cn2C)CCCCC1. The Hall–Kier alpha value is -1.03. The number of aromatic hydroxyl groups is 1. The van der Waals surface area contributed by atoms with Gasteiger partial charge in [0.2, 0.25) is 5.88 Å². The Morgan fingerprint density at radius 3 is 2.53 bits per heavy atom. The van der Waals surface area contributed by atoms with Gasteiger partial charge in [0.05, 0.1) is 6.20 Å². The van der Waals surface area contributed by atoms with Gasteiger partial charge in [-0.3, -0.25) is 0 Å². The Labute approximate surface area is 89.9 Å². The number of rotatable bonds is 2. The molecule has 1 aromatic heterocycles. The molecule has 2 rings (SSSR count).